The first-order valence-corrected chi connectivity index (χ1v) is 4.08. The average molecular weight is 157 g/mol. The average Bonchev–Trinajstić information content (AvgIpc) is 2.50. The van der Waals surface area contributed by atoms with Crippen molar-refractivity contribution in [2.75, 3.05) is 20.2 Å². The predicted molar refractivity (Wildman–Crippen MR) is 42.2 cm³/mol. The maximum Gasteiger partial charge on any atom is 0.310 e. The molecule has 1 fully saturated rings. The van der Waals surface area contributed by atoms with E-state index in [1.807, 2.05) is 0 Å². The zero-order valence-corrected chi connectivity index (χ0v) is 7.09. The van der Waals surface area contributed by atoms with Gasteiger partial charge in [-0.25, -0.2) is 0 Å². The molecular formula is C8H15NO2. The second-order valence-electron chi connectivity index (χ2n) is 2.96. The molecule has 0 amide bonds. The van der Waals surface area contributed by atoms with Crippen LogP contribution in [0.15, 0.2) is 0 Å². The minimum absolute atomic E-state index is 0.0677. The van der Waals surface area contributed by atoms with Gasteiger partial charge in [-0.3, -0.25) is 4.79 Å². The largest absolute Gasteiger partial charge is 0.469 e. The molecule has 3 heteroatoms. The summed E-state index contributed by atoms with van der Waals surface area (Å²) in [6, 6.07) is 0. The van der Waals surface area contributed by atoms with Crippen molar-refractivity contribution in [2.24, 2.45) is 11.8 Å². The lowest BCUT2D eigenvalue weighted by Gasteiger charge is -2.13. The highest BCUT2D eigenvalue weighted by Gasteiger charge is 2.31. The van der Waals surface area contributed by atoms with E-state index in [4.69, 9.17) is 0 Å². The fraction of sp³-hybridized carbons (Fsp3) is 0.875. The monoisotopic (exact) mass is 157 g/mol. The molecule has 3 nitrogen and oxygen atoms in total. The Labute approximate surface area is 67.1 Å². The van der Waals surface area contributed by atoms with Crippen LogP contribution in [-0.2, 0) is 9.53 Å². The van der Waals surface area contributed by atoms with Gasteiger partial charge in [-0.05, 0) is 12.5 Å². The Morgan fingerprint density at radius 2 is 2.36 bits per heavy atom. The molecule has 2 atom stereocenters. The van der Waals surface area contributed by atoms with Crippen molar-refractivity contribution in [3.63, 3.8) is 0 Å². The van der Waals surface area contributed by atoms with Crippen molar-refractivity contribution in [2.45, 2.75) is 13.3 Å². The number of esters is 1. The van der Waals surface area contributed by atoms with Crippen LogP contribution in [0.5, 0.6) is 0 Å². The van der Waals surface area contributed by atoms with Crippen LogP contribution in [0, 0.1) is 11.8 Å². The molecule has 1 rings (SSSR count). The normalized spacial score (nSPS) is 30.4. The van der Waals surface area contributed by atoms with E-state index >= 15 is 0 Å². The Morgan fingerprint density at radius 1 is 1.64 bits per heavy atom. The van der Waals surface area contributed by atoms with Crippen LogP contribution in [0.1, 0.15) is 13.3 Å². The van der Waals surface area contributed by atoms with Crippen LogP contribution in [0.25, 0.3) is 0 Å². The van der Waals surface area contributed by atoms with Crippen molar-refractivity contribution in [1.82, 2.24) is 5.32 Å². The Balaban J connectivity index is 2.49. The first-order chi connectivity index (χ1) is 5.29. The van der Waals surface area contributed by atoms with Crippen LogP contribution in [0.3, 0.4) is 0 Å². The number of hydrogen-bond donors (Lipinski definition) is 1. The first kappa shape index (κ1) is 8.53. The zero-order valence-electron chi connectivity index (χ0n) is 7.09. The van der Waals surface area contributed by atoms with E-state index < -0.39 is 0 Å². The molecule has 0 bridgehead atoms. The van der Waals surface area contributed by atoms with Crippen LogP contribution in [0.2, 0.25) is 0 Å². The zero-order chi connectivity index (χ0) is 8.27. The fourth-order valence-electron chi connectivity index (χ4n) is 1.59. The lowest BCUT2D eigenvalue weighted by atomic mass is 9.94. The first-order valence-electron chi connectivity index (χ1n) is 4.08. The van der Waals surface area contributed by atoms with E-state index in [9.17, 15) is 4.79 Å². The molecule has 0 aliphatic carbocycles. The molecule has 0 spiro atoms. The smallest absolute Gasteiger partial charge is 0.310 e. The van der Waals surface area contributed by atoms with Gasteiger partial charge in [0.15, 0.2) is 0 Å². The minimum atomic E-state index is -0.0677. The van der Waals surface area contributed by atoms with Gasteiger partial charge in [0, 0.05) is 6.54 Å². The predicted octanol–water partition coefficient (Wildman–Crippen LogP) is 0.405. The lowest BCUT2D eigenvalue weighted by Crippen LogP contribution is -2.23. The van der Waals surface area contributed by atoms with E-state index in [-0.39, 0.29) is 11.9 Å². The van der Waals surface area contributed by atoms with E-state index in [0.717, 1.165) is 19.5 Å². The number of methoxy groups -OCH3 is 1. The van der Waals surface area contributed by atoms with Gasteiger partial charge in [0.1, 0.15) is 0 Å². The third-order valence-electron chi connectivity index (χ3n) is 2.37. The summed E-state index contributed by atoms with van der Waals surface area (Å²) in [6.45, 7) is 3.84. The van der Waals surface area contributed by atoms with Crippen LogP contribution in [0.4, 0.5) is 0 Å². The molecule has 1 aliphatic heterocycles. The number of rotatable bonds is 2. The summed E-state index contributed by atoms with van der Waals surface area (Å²) in [5.41, 5.74) is 0. The van der Waals surface area contributed by atoms with Gasteiger partial charge in [0.25, 0.3) is 0 Å². The summed E-state index contributed by atoms with van der Waals surface area (Å²) in [6.07, 6.45) is 1.05. The Morgan fingerprint density at radius 3 is 2.91 bits per heavy atom. The summed E-state index contributed by atoms with van der Waals surface area (Å²) in [5.74, 6) is 0.495. The summed E-state index contributed by atoms with van der Waals surface area (Å²) in [5, 5.41) is 3.19. The maximum atomic E-state index is 11.1. The van der Waals surface area contributed by atoms with Gasteiger partial charge in [-0.1, -0.05) is 13.3 Å². The highest BCUT2D eigenvalue weighted by Crippen LogP contribution is 2.20. The molecule has 1 heterocycles. The summed E-state index contributed by atoms with van der Waals surface area (Å²) < 4.78 is 4.69. The van der Waals surface area contributed by atoms with E-state index in [2.05, 4.69) is 17.0 Å². The lowest BCUT2D eigenvalue weighted by molar-refractivity contribution is -0.146. The number of carbonyl (C=O) groups excluding carboxylic acids is 1. The molecule has 0 aromatic carbocycles. The van der Waals surface area contributed by atoms with E-state index in [1.54, 1.807) is 0 Å². The van der Waals surface area contributed by atoms with Gasteiger partial charge in [-0.15, -0.1) is 0 Å². The molecule has 64 valence electrons. The number of hydrogen-bond acceptors (Lipinski definition) is 3. The molecule has 0 aromatic heterocycles. The van der Waals surface area contributed by atoms with Gasteiger partial charge in [-0.2, -0.15) is 0 Å². The number of nitrogens with one attached hydrogen (secondary N) is 1. The van der Waals surface area contributed by atoms with Gasteiger partial charge in [0.05, 0.1) is 13.0 Å². The van der Waals surface area contributed by atoms with Gasteiger partial charge >= 0.3 is 5.97 Å². The van der Waals surface area contributed by atoms with Gasteiger partial charge in [0.2, 0.25) is 0 Å². The molecule has 11 heavy (non-hydrogen) atoms. The van der Waals surface area contributed by atoms with E-state index in [1.165, 1.54) is 7.11 Å². The molecule has 2 unspecified atom stereocenters. The van der Waals surface area contributed by atoms with Crippen LogP contribution < -0.4 is 5.32 Å². The minimum Gasteiger partial charge on any atom is -0.469 e. The SMILES string of the molecule is CCC1CNCC1C(=O)OC. The number of ether oxygens (including phenoxy) is 1. The third kappa shape index (κ3) is 1.71. The third-order valence-corrected chi connectivity index (χ3v) is 2.37. The molecule has 1 saturated heterocycles. The summed E-state index contributed by atoms with van der Waals surface area (Å²) in [4.78, 5) is 11.1. The highest BCUT2D eigenvalue weighted by atomic mass is 16.5. The molecule has 0 radical (unpaired) electrons. The molecule has 1 aliphatic rings. The van der Waals surface area contributed by atoms with Crippen LogP contribution >= 0.6 is 0 Å². The summed E-state index contributed by atoms with van der Waals surface area (Å²) >= 11 is 0. The van der Waals surface area contributed by atoms with Crippen molar-refractivity contribution in [3.8, 4) is 0 Å². The molecule has 1 N–H and O–H groups in total. The van der Waals surface area contributed by atoms with Crippen molar-refractivity contribution in [3.05, 3.63) is 0 Å². The van der Waals surface area contributed by atoms with Crippen molar-refractivity contribution < 1.29 is 9.53 Å². The van der Waals surface area contributed by atoms with Crippen molar-refractivity contribution in [1.29, 1.82) is 0 Å². The number of carbonyl (C=O) groups is 1. The fourth-order valence-corrected chi connectivity index (χ4v) is 1.59. The second kappa shape index (κ2) is 3.72. The Kier molecular flexibility index (Phi) is 2.88. The van der Waals surface area contributed by atoms with Gasteiger partial charge < -0.3 is 10.1 Å². The quantitative estimate of drug-likeness (QED) is 0.590. The maximum absolute atomic E-state index is 11.1. The second-order valence-corrected chi connectivity index (χ2v) is 2.96. The standard InChI is InChI=1S/C8H15NO2/c1-3-6-4-9-5-7(6)8(10)11-2/h6-7,9H,3-5H2,1-2H3. The molecular weight excluding hydrogens is 142 g/mol. The molecule has 0 saturated carbocycles. The summed E-state index contributed by atoms with van der Waals surface area (Å²) in [7, 11) is 1.45. The van der Waals surface area contributed by atoms with Crippen molar-refractivity contribution >= 4 is 5.97 Å². The molecule has 0 aromatic rings. The highest BCUT2D eigenvalue weighted by molar-refractivity contribution is 5.73. The topological polar surface area (TPSA) is 38.3 Å². The van der Waals surface area contributed by atoms with Crippen LogP contribution in [-0.4, -0.2) is 26.2 Å². The Bertz CT molecular complexity index is 147. The van der Waals surface area contributed by atoms with E-state index in [0.29, 0.717) is 5.92 Å². The Hall–Kier alpha value is -0.570.